The fourth-order valence-electron chi connectivity index (χ4n) is 1.13. The van der Waals surface area contributed by atoms with E-state index in [1.807, 2.05) is 18.6 Å². The average molecular weight is 300 g/mol. The van der Waals surface area contributed by atoms with Gasteiger partial charge in [0.25, 0.3) is 0 Å². The van der Waals surface area contributed by atoms with Crippen LogP contribution >= 0.6 is 22.6 Å². The maximum absolute atomic E-state index is 4.22. The first-order valence-electron chi connectivity index (χ1n) is 4.29. The second-order valence-corrected chi connectivity index (χ2v) is 4.10. The Morgan fingerprint density at radius 3 is 2.57 bits per heavy atom. The Bertz CT molecular complexity index is 382. The zero-order valence-electron chi connectivity index (χ0n) is 7.44. The Labute approximate surface area is 95.3 Å². The predicted molar refractivity (Wildman–Crippen MR) is 60.7 cm³/mol. The molecule has 0 radical (unpaired) electrons. The molecule has 0 aromatic carbocycles. The fraction of sp³-hybridized carbons (Fsp3) is 0.222. The van der Waals surface area contributed by atoms with Crippen molar-refractivity contribution < 1.29 is 0 Å². The quantitative estimate of drug-likeness (QED) is 0.876. The maximum atomic E-state index is 4.22. The van der Waals surface area contributed by atoms with E-state index >= 15 is 0 Å². The minimum Gasteiger partial charge on any atom is -0.349 e. The summed E-state index contributed by atoms with van der Waals surface area (Å²) in [6.45, 7) is 0. The molecule has 0 fully saturated rings. The van der Waals surface area contributed by atoms with Crippen LogP contribution in [0.2, 0.25) is 0 Å². The van der Waals surface area contributed by atoms with Gasteiger partial charge in [0.1, 0.15) is 11.6 Å². The normalized spacial score (nSPS) is 10.4. The van der Waals surface area contributed by atoms with Crippen molar-refractivity contribution in [3.05, 3.63) is 40.0 Å². The highest BCUT2D eigenvalue weighted by molar-refractivity contribution is 14.1. The summed E-state index contributed by atoms with van der Waals surface area (Å²) in [4.78, 5) is 15.6. The summed E-state index contributed by atoms with van der Waals surface area (Å²) in [5.74, 6) is 1.84. The molecule has 2 rings (SSSR count). The number of hydrogen-bond donors (Lipinski definition) is 1. The van der Waals surface area contributed by atoms with Crippen LogP contribution < -0.4 is 0 Å². The maximum Gasteiger partial charge on any atom is 0.128 e. The van der Waals surface area contributed by atoms with E-state index in [9.17, 15) is 0 Å². The largest absolute Gasteiger partial charge is 0.349 e. The molecule has 0 amide bonds. The van der Waals surface area contributed by atoms with Crippen LogP contribution in [0.3, 0.4) is 0 Å². The molecule has 0 aliphatic carbocycles. The number of aryl methyl sites for hydroxylation is 2. The molecule has 1 N–H and O–H groups in total. The monoisotopic (exact) mass is 300 g/mol. The summed E-state index contributed by atoms with van der Waals surface area (Å²) >= 11 is 2.19. The van der Waals surface area contributed by atoms with Crippen LogP contribution in [0.4, 0.5) is 0 Å². The van der Waals surface area contributed by atoms with Gasteiger partial charge in [-0.1, -0.05) is 0 Å². The molecule has 72 valence electrons. The van der Waals surface area contributed by atoms with Gasteiger partial charge in [0.05, 0.1) is 0 Å². The van der Waals surface area contributed by atoms with Gasteiger partial charge in [-0.15, -0.1) is 0 Å². The second-order valence-electron chi connectivity index (χ2n) is 2.85. The number of halogens is 1. The van der Waals surface area contributed by atoms with Crippen LogP contribution in [-0.2, 0) is 12.8 Å². The van der Waals surface area contributed by atoms with E-state index in [1.165, 1.54) is 0 Å². The van der Waals surface area contributed by atoms with E-state index in [4.69, 9.17) is 0 Å². The lowest BCUT2D eigenvalue weighted by molar-refractivity contribution is 0.816. The second kappa shape index (κ2) is 4.50. The van der Waals surface area contributed by atoms with E-state index in [0.29, 0.717) is 0 Å². The number of rotatable bonds is 3. The van der Waals surface area contributed by atoms with Crippen molar-refractivity contribution in [1.29, 1.82) is 0 Å². The van der Waals surface area contributed by atoms with Crippen LogP contribution in [0.1, 0.15) is 11.6 Å². The fourth-order valence-corrected chi connectivity index (χ4v) is 1.41. The summed E-state index contributed by atoms with van der Waals surface area (Å²) in [6.07, 6.45) is 8.91. The number of nitrogens with zero attached hydrogens (tertiary/aromatic N) is 3. The summed E-state index contributed by atoms with van der Waals surface area (Å²) in [7, 11) is 0. The van der Waals surface area contributed by atoms with Crippen molar-refractivity contribution in [1.82, 2.24) is 19.9 Å². The van der Waals surface area contributed by atoms with Gasteiger partial charge >= 0.3 is 0 Å². The molecular formula is C9H9IN4. The molecule has 4 nitrogen and oxygen atoms in total. The minimum absolute atomic E-state index is 0.824. The first kappa shape index (κ1) is 9.57. The highest BCUT2D eigenvalue weighted by Crippen LogP contribution is 2.02. The van der Waals surface area contributed by atoms with Crippen LogP contribution in [0, 0.1) is 3.57 Å². The van der Waals surface area contributed by atoms with Crippen molar-refractivity contribution in [3.63, 3.8) is 0 Å². The Balaban J connectivity index is 1.95. The molecule has 0 saturated carbocycles. The third kappa shape index (κ3) is 2.50. The smallest absolute Gasteiger partial charge is 0.128 e. The number of nitrogens with one attached hydrogen (secondary N) is 1. The first-order chi connectivity index (χ1) is 6.84. The molecule has 0 spiro atoms. The van der Waals surface area contributed by atoms with Crippen molar-refractivity contribution in [2.75, 3.05) is 0 Å². The minimum atomic E-state index is 0.824. The van der Waals surface area contributed by atoms with Crippen molar-refractivity contribution in [2.45, 2.75) is 12.8 Å². The van der Waals surface area contributed by atoms with Crippen LogP contribution in [0.25, 0.3) is 0 Å². The van der Waals surface area contributed by atoms with Gasteiger partial charge in [0, 0.05) is 41.2 Å². The lowest BCUT2D eigenvalue weighted by Crippen LogP contribution is -1.99. The Morgan fingerprint density at radius 1 is 1.14 bits per heavy atom. The molecule has 14 heavy (non-hydrogen) atoms. The Morgan fingerprint density at radius 2 is 1.93 bits per heavy atom. The summed E-state index contributed by atoms with van der Waals surface area (Å²) in [5.41, 5.74) is 0. The van der Waals surface area contributed by atoms with Gasteiger partial charge in [-0.25, -0.2) is 15.0 Å². The molecule has 2 aromatic heterocycles. The van der Waals surface area contributed by atoms with Gasteiger partial charge in [-0.2, -0.15) is 0 Å². The molecule has 0 bridgehead atoms. The van der Waals surface area contributed by atoms with Crippen molar-refractivity contribution >= 4 is 22.6 Å². The lowest BCUT2D eigenvalue weighted by atomic mass is 10.3. The zero-order valence-corrected chi connectivity index (χ0v) is 9.60. The van der Waals surface area contributed by atoms with E-state index < -0.39 is 0 Å². The predicted octanol–water partition coefficient (Wildman–Crippen LogP) is 1.59. The molecule has 2 heterocycles. The van der Waals surface area contributed by atoms with Crippen LogP contribution in [0.5, 0.6) is 0 Å². The van der Waals surface area contributed by atoms with Gasteiger partial charge in [-0.3, -0.25) is 0 Å². The number of imidazole rings is 1. The Kier molecular flexibility index (Phi) is 3.07. The molecule has 0 atom stereocenters. The number of aromatic amines is 1. The molecule has 0 unspecified atom stereocenters. The average Bonchev–Trinajstić information content (AvgIpc) is 2.70. The molecule has 0 aliphatic rings. The van der Waals surface area contributed by atoms with E-state index in [1.54, 1.807) is 6.20 Å². The van der Waals surface area contributed by atoms with Gasteiger partial charge in [0.15, 0.2) is 0 Å². The van der Waals surface area contributed by atoms with E-state index in [-0.39, 0.29) is 0 Å². The lowest BCUT2D eigenvalue weighted by Gasteiger charge is -1.97. The summed E-state index contributed by atoms with van der Waals surface area (Å²) in [6, 6.07) is 0. The molecule has 0 aliphatic heterocycles. The summed E-state index contributed by atoms with van der Waals surface area (Å²) < 4.78 is 1.06. The molecule has 5 heteroatoms. The standard InChI is InChI=1S/C9H9IN4/c10-7-5-13-9(14-6-7)2-1-8-11-3-4-12-8/h3-6H,1-2H2,(H,11,12). The highest BCUT2D eigenvalue weighted by atomic mass is 127. The third-order valence-electron chi connectivity index (χ3n) is 1.81. The molecular weight excluding hydrogens is 291 g/mol. The SMILES string of the molecule is Ic1cnc(CCc2ncc[nH]2)nc1. The van der Waals surface area contributed by atoms with Gasteiger partial charge in [0.2, 0.25) is 0 Å². The van der Waals surface area contributed by atoms with Crippen LogP contribution in [0.15, 0.2) is 24.8 Å². The van der Waals surface area contributed by atoms with Gasteiger partial charge < -0.3 is 4.98 Å². The Hall–Kier alpha value is -0.980. The third-order valence-corrected chi connectivity index (χ3v) is 2.37. The first-order valence-corrected chi connectivity index (χ1v) is 5.37. The van der Waals surface area contributed by atoms with E-state index in [2.05, 4.69) is 42.5 Å². The van der Waals surface area contributed by atoms with Gasteiger partial charge in [-0.05, 0) is 22.6 Å². The highest BCUT2D eigenvalue weighted by Gasteiger charge is 1.99. The topological polar surface area (TPSA) is 54.5 Å². The number of H-pyrrole nitrogens is 1. The van der Waals surface area contributed by atoms with E-state index in [0.717, 1.165) is 28.1 Å². The van der Waals surface area contributed by atoms with Crippen LogP contribution in [-0.4, -0.2) is 19.9 Å². The zero-order chi connectivity index (χ0) is 9.80. The molecule has 2 aromatic rings. The molecule has 0 saturated heterocycles. The van der Waals surface area contributed by atoms with Crippen molar-refractivity contribution in [2.24, 2.45) is 0 Å². The van der Waals surface area contributed by atoms with Crippen molar-refractivity contribution in [3.8, 4) is 0 Å². The summed E-state index contributed by atoms with van der Waals surface area (Å²) in [5, 5.41) is 0. The number of hydrogen-bond acceptors (Lipinski definition) is 3. The number of aromatic nitrogens is 4.